The van der Waals surface area contributed by atoms with Crippen LogP contribution in [0.3, 0.4) is 0 Å². The zero-order chi connectivity index (χ0) is 22.6. The van der Waals surface area contributed by atoms with Crippen molar-refractivity contribution in [2.75, 3.05) is 13.1 Å². The lowest BCUT2D eigenvalue weighted by Crippen LogP contribution is -2.37. The molecule has 2 aromatic carbocycles. The highest BCUT2D eigenvalue weighted by atomic mass is 16.5. The average molecular weight is 443 g/mol. The van der Waals surface area contributed by atoms with E-state index in [9.17, 15) is 9.59 Å². The van der Waals surface area contributed by atoms with E-state index in [0.717, 1.165) is 47.4 Å². The molecule has 0 unspecified atom stereocenters. The summed E-state index contributed by atoms with van der Waals surface area (Å²) in [5, 5.41) is 9.32. The second kappa shape index (κ2) is 9.42. The minimum absolute atomic E-state index is 0.0953. The highest BCUT2D eigenvalue weighted by molar-refractivity contribution is 5.96. The number of hydrogen-bond donors (Lipinski definition) is 3. The van der Waals surface area contributed by atoms with Crippen LogP contribution in [-0.2, 0) is 13.2 Å². The van der Waals surface area contributed by atoms with E-state index in [-0.39, 0.29) is 11.8 Å². The molecular weight excluding hydrogens is 416 g/mol. The summed E-state index contributed by atoms with van der Waals surface area (Å²) >= 11 is 0. The molecule has 2 amide bonds. The molecule has 3 N–H and O–H groups in total. The van der Waals surface area contributed by atoms with Gasteiger partial charge in [0.2, 0.25) is 0 Å². The molecule has 0 aliphatic carbocycles. The zero-order valence-corrected chi connectivity index (χ0v) is 18.3. The molecule has 3 aromatic rings. The predicted molar refractivity (Wildman–Crippen MR) is 125 cm³/mol. The normalized spacial score (nSPS) is 16.3. The Bertz CT molecular complexity index is 1190. The van der Waals surface area contributed by atoms with Crippen LogP contribution in [0.5, 0.6) is 5.75 Å². The number of carbonyl (C=O) groups is 2. The maximum Gasteiger partial charge on any atom is 0.251 e. The first-order chi connectivity index (χ1) is 16.2. The van der Waals surface area contributed by atoms with Gasteiger partial charge >= 0.3 is 0 Å². The Morgan fingerprint density at radius 3 is 2.79 bits per heavy atom. The quantitative estimate of drug-likeness (QED) is 0.546. The second-order valence-electron chi connectivity index (χ2n) is 8.42. The van der Waals surface area contributed by atoms with Crippen molar-refractivity contribution < 1.29 is 14.3 Å². The fourth-order valence-electron chi connectivity index (χ4n) is 4.35. The van der Waals surface area contributed by atoms with Gasteiger partial charge in [-0.25, -0.2) is 0 Å². The van der Waals surface area contributed by atoms with Gasteiger partial charge in [-0.05, 0) is 66.4 Å². The van der Waals surface area contributed by atoms with Gasteiger partial charge in [0.1, 0.15) is 12.4 Å². The summed E-state index contributed by atoms with van der Waals surface area (Å²) in [7, 11) is 0. The topological polar surface area (TPSA) is 92.4 Å². The Balaban J connectivity index is 1.21. The number of ether oxygens (including phenoxy) is 1. The number of benzene rings is 2. The van der Waals surface area contributed by atoms with Crippen LogP contribution in [0.25, 0.3) is 11.1 Å². The summed E-state index contributed by atoms with van der Waals surface area (Å²) in [6.07, 6.45) is 5.68. The fraction of sp³-hybridized carbons (Fsp3) is 0.269. The van der Waals surface area contributed by atoms with Crippen LogP contribution in [0.15, 0.2) is 60.9 Å². The maximum absolute atomic E-state index is 12.8. The third-order valence-corrected chi connectivity index (χ3v) is 6.14. The van der Waals surface area contributed by atoms with Gasteiger partial charge < -0.3 is 20.7 Å². The van der Waals surface area contributed by atoms with Gasteiger partial charge in [0.05, 0.1) is 6.20 Å². The minimum Gasteiger partial charge on any atom is -0.487 e. The number of rotatable bonds is 6. The summed E-state index contributed by atoms with van der Waals surface area (Å²) in [6.45, 7) is 2.38. The average Bonchev–Trinajstić information content (AvgIpc) is 3.39. The largest absolute Gasteiger partial charge is 0.487 e. The molecule has 1 aromatic heterocycles. The third-order valence-electron chi connectivity index (χ3n) is 6.14. The van der Waals surface area contributed by atoms with Crippen molar-refractivity contribution in [1.82, 2.24) is 20.9 Å². The van der Waals surface area contributed by atoms with Crippen LogP contribution in [0, 0.1) is 0 Å². The van der Waals surface area contributed by atoms with Crippen LogP contribution < -0.4 is 20.7 Å². The lowest BCUT2D eigenvalue weighted by Gasteiger charge is -2.20. The molecule has 33 heavy (non-hydrogen) atoms. The molecule has 1 saturated heterocycles. The van der Waals surface area contributed by atoms with Crippen molar-refractivity contribution in [3.05, 3.63) is 83.2 Å². The number of pyridine rings is 1. The van der Waals surface area contributed by atoms with Gasteiger partial charge in [-0.3, -0.25) is 14.6 Å². The van der Waals surface area contributed by atoms with E-state index in [4.69, 9.17) is 4.74 Å². The number of fused-ring (bicyclic) bond motifs is 3. The Labute approximate surface area is 192 Å². The predicted octanol–water partition coefficient (Wildman–Crippen LogP) is 3.05. The van der Waals surface area contributed by atoms with Crippen molar-refractivity contribution in [3.63, 3.8) is 0 Å². The van der Waals surface area contributed by atoms with Crippen LogP contribution >= 0.6 is 0 Å². The number of nitrogens with zero attached hydrogens (tertiary/aromatic N) is 1. The third kappa shape index (κ3) is 4.73. The van der Waals surface area contributed by atoms with E-state index in [1.54, 1.807) is 18.5 Å². The second-order valence-corrected chi connectivity index (χ2v) is 8.42. The van der Waals surface area contributed by atoms with Crippen molar-refractivity contribution in [2.45, 2.75) is 32.0 Å². The Kier molecular flexibility index (Phi) is 6.04. The first-order valence-corrected chi connectivity index (χ1v) is 11.3. The molecule has 168 valence electrons. The summed E-state index contributed by atoms with van der Waals surface area (Å²) < 4.78 is 5.77. The fourth-order valence-corrected chi connectivity index (χ4v) is 4.35. The molecule has 2 aliphatic rings. The number of hydrogen-bond acceptors (Lipinski definition) is 5. The Morgan fingerprint density at radius 2 is 1.91 bits per heavy atom. The molecule has 0 bridgehead atoms. The molecule has 0 saturated carbocycles. The smallest absolute Gasteiger partial charge is 0.251 e. The van der Waals surface area contributed by atoms with E-state index < -0.39 is 0 Å². The summed E-state index contributed by atoms with van der Waals surface area (Å²) in [5.74, 6) is 0.494. The van der Waals surface area contributed by atoms with E-state index in [1.165, 1.54) is 0 Å². The maximum atomic E-state index is 12.8. The number of nitrogens with one attached hydrogen (secondary N) is 3. The van der Waals surface area contributed by atoms with Gasteiger partial charge in [0.25, 0.3) is 11.8 Å². The Hall–Kier alpha value is -3.71. The van der Waals surface area contributed by atoms with Crippen molar-refractivity contribution in [2.24, 2.45) is 0 Å². The SMILES string of the molecule is O=C(NCc1cccc(C(=O)NC[C@H]2CCCN2)c1)c1ccc2c(c1)COc1cnccc1-2. The molecule has 5 rings (SSSR count). The van der Waals surface area contributed by atoms with Crippen LogP contribution in [0.1, 0.15) is 44.7 Å². The van der Waals surface area contributed by atoms with Crippen molar-refractivity contribution >= 4 is 11.8 Å². The standard InChI is InChI=1S/C26H26N4O3/c31-25(30-14-21-5-2-9-28-21)18-4-1-3-17(11-18)13-29-26(32)19-6-7-22-20(12-19)16-33-24-15-27-10-8-23(22)24/h1,3-4,6-8,10-12,15,21,28H,2,5,9,13-14,16H2,(H,29,32)(H,30,31)/t21-/m1/s1. The lowest BCUT2D eigenvalue weighted by atomic mass is 9.96. The Morgan fingerprint density at radius 1 is 1.03 bits per heavy atom. The number of aromatic nitrogens is 1. The van der Waals surface area contributed by atoms with Crippen molar-refractivity contribution in [1.29, 1.82) is 0 Å². The van der Waals surface area contributed by atoms with E-state index in [2.05, 4.69) is 20.9 Å². The van der Waals surface area contributed by atoms with Gasteiger partial charge in [-0.2, -0.15) is 0 Å². The molecule has 2 aliphatic heterocycles. The molecular formula is C26H26N4O3. The summed E-state index contributed by atoms with van der Waals surface area (Å²) in [4.78, 5) is 29.4. The number of amides is 2. The zero-order valence-electron chi connectivity index (χ0n) is 18.3. The highest BCUT2D eigenvalue weighted by Crippen LogP contribution is 2.36. The molecule has 1 atom stereocenters. The summed E-state index contributed by atoms with van der Waals surface area (Å²) in [5.41, 5.74) is 5.06. The van der Waals surface area contributed by atoms with Crippen LogP contribution in [-0.4, -0.2) is 35.9 Å². The van der Waals surface area contributed by atoms with Crippen LogP contribution in [0.4, 0.5) is 0 Å². The molecule has 7 heteroatoms. The number of carbonyl (C=O) groups excluding carboxylic acids is 2. The minimum atomic E-state index is -0.166. The van der Waals surface area contributed by atoms with Gasteiger partial charge in [-0.15, -0.1) is 0 Å². The molecule has 0 radical (unpaired) electrons. The molecule has 3 heterocycles. The lowest BCUT2D eigenvalue weighted by molar-refractivity contribution is 0.0944. The van der Waals surface area contributed by atoms with Gasteiger partial charge in [0, 0.05) is 42.0 Å². The van der Waals surface area contributed by atoms with E-state index in [1.807, 2.05) is 42.5 Å². The molecule has 7 nitrogen and oxygen atoms in total. The highest BCUT2D eigenvalue weighted by Gasteiger charge is 2.19. The van der Waals surface area contributed by atoms with Gasteiger partial charge in [0.15, 0.2) is 0 Å². The molecule has 1 fully saturated rings. The van der Waals surface area contributed by atoms with Gasteiger partial charge in [-0.1, -0.05) is 18.2 Å². The summed E-state index contributed by atoms with van der Waals surface area (Å²) in [6, 6.07) is 15.3. The first kappa shape index (κ1) is 21.2. The van der Waals surface area contributed by atoms with E-state index >= 15 is 0 Å². The van der Waals surface area contributed by atoms with Crippen molar-refractivity contribution in [3.8, 4) is 16.9 Å². The monoisotopic (exact) mass is 442 g/mol. The van der Waals surface area contributed by atoms with Crippen LogP contribution in [0.2, 0.25) is 0 Å². The first-order valence-electron chi connectivity index (χ1n) is 11.3. The molecule has 0 spiro atoms. The van der Waals surface area contributed by atoms with E-state index in [0.29, 0.717) is 36.9 Å².